The van der Waals surface area contributed by atoms with E-state index in [9.17, 15) is 29.1 Å². The predicted molar refractivity (Wildman–Crippen MR) is 236 cm³/mol. The first-order valence-electron chi connectivity index (χ1n) is 22.8. The van der Waals surface area contributed by atoms with Gasteiger partial charge in [0.2, 0.25) is 5.79 Å². The van der Waals surface area contributed by atoms with Crippen LogP contribution < -0.4 is 0 Å². The second kappa shape index (κ2) is 22.7. The highest BCUT2D eigenvalue weighted by atomic mass is 28.4. The molecule has 0 aromatic carbocycles. The van der Waals surface area contributed by atoms with E-state index in [2.05, 4.69) is 27.7 Å². The van der Waals surface area contributed by atoms with Crippen LogP contribution >= 0.6 is 0 Å². The van der Waals surface area contributed by atoms with Crippen LogP contribution in [0.1, 0.15) is 134 Å². The van der Waals surface area contributed by atoms with Gasteiger partial charge in [0, 0.05) is 51.0 Å². The summed E-state index contributed by atoms with van der Waals surface area (Å²) in [6.45, 7) is 23.0. The van der Waals surface area contributed by atoms with E-state index in [0.29, 0.717) is 37.7 Å². The van der Waals surface area contributed by atoms with Gasteiger partial charge in [0.05, 0.1) is 18.3 Å². The van der Waals surface area contributed by atoms with E-state index in [1.54, 1.807) is 41.7 Å². The summed E-state index contributed by atoms with van der Waals surface area (Å²) in [6, 6.07) is 1.28. The Hall–Kier alpha value is -2.75. The van der Waals surface area contributed by atoms with Crippen LogP contribution in [0.25, 0.3) is 0 Å². The van der Waals surface area contributed by atoms with Crippen molar-refractivity contribution in [2.24, 2.45) is 23.7 Å². The average molecular weight is 878 g/mol. The number of cyclic esters (lactones) is 1. The Morgan fingerprint density at radius 2 is 1.56 bits per heavy atom. The van der Waals surface area contributed by atoms with Gasteiger partial charge in [-0.3, -0.25) is 14.4 Å². The lowest BCUT2D eigenvalue weighted by Crippen LogP contribution is -2.64. The quantitative estimate of drug-likeness (QED) is 0.0750. The van der Waals surface area contributed by atoms with E-state index in [4.69, 9.17) is 28.1 Å². The normalized spacial score (nSPS) is 33.6. The van der Waals surface area contributed by atoms with Crippen LogP contribution in [0.2, 0.25) is 18.1 Å². The molecular formula is C47H79NO12Si. The van der Waals surface area contributed by atoms with E-state index < -0.39 is 97.6 Å². The molecule has 1 N–H and O–H groups in total. The molecule has 11 unspecified atom stereocenters. The third-order valence-electron chi connectivity index (χ3n) is 13.4. The summed E-state index contributed by atoms with van der Waals surface area (Å²) >= 11 is 0. The molecule has 1 amide bonds. The summed E-state index contributed by atoms with van der Waals surface area (Å²) in [4.78, 5) is 72.3. The molecule has 3 heterocycles. The van der Waals surface area contributed by atoms with Crippen LogP contribution in [0.5, 0.6) is 0 Å². The highest BCUT2D eigenvalue weighted by molar-refractivity contribution is 6.73. The summed E-state index contributed by atoms with van der Waals surface area (Å²) in [6.07, 6.45) is 2.82. The van der Waals surface area contributed by atoms with Crippen molar-refractivity contribution in [2.75, 3.05) is 20.8 Å². The van der Waals surface area contributed by atoms with Crippen LogP contribution in [0.3, 0.4) is 0 Å². The first-order valence-corrected chi connectivity index (χ1v) is 25.4. The number of amides is 1. The molecule has 0 aliphatic carbocycles. The predicted octanol–water partition coefficient (Wildman–Crippen LogP) is 7.67. The molecule has 0 spiro atoms. The Morgan fingerprint density at radius 3 is 2.11 bits per heavy atom. The summed E-state index contributed by atoms with van der Waals surface area (Å²) in [7, 11) is 0.702. The van der Waals surface area contributed by atoms with Crippen molar-refractivity contribution in [3.05, 3.63) is 23.3 Å². The van der Waals surface area contributed by atoms with Gasteiger partial charge in [-0.05, 0) is 109 Å². The van der Waals surface area contributed by atoms with Gasteiger partial charge in [-0.25, -0.2) is 9.59 Å². The maximum Gasteiger partial charge on any atom is 0.331 e. The lowest BCUT2D eigenvalue weighted by Gasteiger charge is -2.47. The van der Waals surface area contributed by atoms with Gasteiger partial charge in [0.15, 0.2) is 8.32 Å². The zero-order valence-electron chi connectivity index (χ0n) is 39.8. The van der Waals surface area contributed by atoms with Crippen molar-refractivity contribution in [1.82, 2.24) is 4.90 Å². The second-order valence-electron chi connectivity index (χ2n) is 19.1. The maximum atomic E-state index is 14.6. The third-order valence-corrected chi connectivity index (χ3v) is 18.0. The van der Waals surface area contributed by atoms with Gasteiger partial charge in [0.25, 0.3) is 11.7 Å². The molecule has 2 bridgehead atoms. The molecule has 0 aromatic rings. The second-order valence-corrected chi connectivity index (χ2v) is 23.8. The van der Waals surface area contributed by atoms with E-state index in [-0.39, 0.29) is 37.5 Å². The zero-order valence-corrected chi connectivity index (χ0v) is 40.8. The number of rotatable bonds is 10. The highest BCUT2D eigenvalue weighted by Gasteiger charge is 2.56. The molecule has 2 fully saturated rings. The molecule has 14 heteroatoms. The lowest BCUT2D eigenvalue weighted by molar-refractivity contribution is -0.302. The maximum absolute atomic E-state index is 14.6. The van der Waals surface area contributed by atoms with Gasteiger partial charge in [-0.15, -0.1) is 0 Å². The van der Waals surface area contributed by atoms with Gasteiger partial charge in [0.1, 0.15) is 29.6 Å². The van der Waals surface area contributed by atoms with Gasteiger partial charge < -0.3 is 38.1 Å². The zero-order chi connectivity index (χ0) is 46.0. The standard InChI is InChI=1S/C47H79NO12Si/c1-15-34-24-29(5)23-30(6)25-38(55-13)42-39(56-14)27-32(8)47(54,59-42)43(51)44(52)48-22-20-19-21-35(48)45(53)57-41(31(7)26-40(50)58-46(10,11)12)33(9)37(28-36(34)49)60-61(16-2,17-3)18-4/h24,26,30,32-35,37-39,41-42,54H,15-23,25,27-28H2,1-14H3. The number of nitrogens with zero attached hydrogens (tertiary/aromatic N) is 1. The molecule has 2 saturated heterocycles. The van der Waals surface area contributed by atoms with Crippen molar-refractivity contribution in [3.8, 4) is 0 Å². The summed E-state index contributed by atoms with van der Waals surface area (Å²) in [5.74, 6) is -7.94. The topological polar surface area (TPSA) is 164 Å². The molecule has 3 rings (SSSR count). The van der Waals surface area contributed by atoms with E-state index in [1.165, 1.54) is 18.1 Å². The van der Waals surface area contributed by atoms with Crippen molar-refractivity contribution in [3.63, 3.8) is 0 Å². The Labute approximate surface area is 367 Å². The fourth-order valence-electron chi connectivity index (χ4n) is 9.43. The van der Waals surface area contributed by atoms with Crippen molar-refractivity contribution < 1.29 is 57.2 Å². The fraction of sp³-hybridized carbons (Fsp3) is 0.809. The molecule has 0 saturated carbocycles. The molecule has 348 valence electrons. The number of carbonyl (C=O) groups is 5. The Morgan fingerprint density at radius 1 is 0.951 bits per heavy atom. The van der Waals surface area contributed by atoms with Crippen molar-refractivity contribution in [2.45, 2.75) is 201 Å². The Bertz CT molecular complexity index is 1580. The molecule has 0 aromatic heterocycles. The molecule has 0 radical (unpaired) electrons. The third kappa shape index (κ3) is 13.4. The Kier molecular flexibility index (Phi) is 19.6. The smallest absolute Gasteiger partial charge is 0.331 e. The highest BCUT2D eigenvalue weighted by Crippen LogP contribution is 2.39. The van der Waals surface area contributed by atoms with Gasteiger partial charge >= 0.3 is 11.9 Å². The van der Waals surface area contributed by atoms with Crippen LogP contribution in [0, 0.1) is 23.7 Å². The van der Waals surface area contributed by atoms with Crippen LogP contribution in [0.4, 0.5) is 0 Å². The number of esters is 2. The molecule has 61 heavy (non-hydrogen) atoms. The summed E-state index contributed by atoms with van der Waals surface area (Å²) in [5, 5.41) is 12.1. The van der Waals surface area contributed by atoms with E-state index >= 15 is 0 Å². The summed E-state index contributed by atoms with van der Waals surface area (Å²) < 4.78 is 37.3. The number of ketones is 2. The van der Waals surface area contributed by atoms with Crippen molar-refractivity contribution in [1.29, 1.82) is 0 Å². The van der Waals surface area contributed by atoms with E-state index in [0.717, 1.165) is 23.7 Å². The number of carbonyl (C=O) groups excluding carboxylic acids is 5. The number of aliphatic hydroxyl groups is 1. The van der Waals surface area contributed by atoms with Crippen LogP contribution in [0.15, 0.2) is 23.3 Å². The first-order chi connectivity index (χ1) is 28.5. The minimum absolute atomic E-state index is 0.00610. The molecule has 13 nitrogen and oxygen atoms in total. The van der Waals surface area contributed by atoms with Crippen LogP contribution in [-0.2, 0) is 52.1 Å². The monoisotopic (exact) mass is 878 g/mol. The number of Topliss-reactive ketones (excluding diaryl/α,β-unsaturated/α-hetero) is 2. The first kappa shape index (κ1) is 52.6. The molecular weight excluding hydrogens is 799 g/mol. The number of ether oxygens (including phenoxy) is 5. The van der Waals surface area contributed by atoms with Gasteiger partial charge in [-0.2, -0.15) is 0 Å². The van der Waals surface area contributed by atoms with Crippen LogP contribution in [-0.4, -0.2) is 116 Å². The average Bonchev–Trinajstić information content (AvgIpc) is 3.21. The number of hydrogen-bond donors (Lipinski definition) is 1. The van der Waals surface area contributed by atoms with Crippen molar-refractivity contribution >= 4 is 37.7 Å². The number of methoxy groups -OCH3 is 2. The fourth-order valence-corrected chi connectivity index (χ4v) is 12.4. The molecule has 3 aliphatic heterocycles. The minimum atomic E-state index is -2.52. The largest absolute Gasteiger partial charge is 0.457 e. The summed E-state index contributed by atoms with van der Waals surface area (Å²) in [5.41, 5.74) is 0.625. The number of piperidine rings is 1. The lowest BCUT2D eigenvalue weighted by atomic mass is 9.82. The Balaban J connectivity index is 2.27. The molecule has 3 aliphatic rings. The molecule has 11 atom stereocenters. The van der Waals surface area contributed by atoms with Gasteiger partial charge in [-0.1, -0.05) is 60.1 Å². The number of allylic oxidation sites excluding steroid dienone is 2. The number of fused-ring (bicyclic) bond motifs is 3. The van der Waals surface area contributed by atoms with E-state index in [1.807, 2.05) is 26.8 Å². The SMILES string of the molecule is CCC1C=C(C)CC(C)CC(OC)C2OC(O)(C(=O)C(=O)N3CCCCC3C(=O)OC(C(C)=CC(=O)OC(C)(C)C)C(C)C(O[Si](CC)(CC)CC)CC1=O)C(C)CC2OC. The number of hydrogen-bond acceptors (Lipinski definition) is 12. The minimum Gasteiger partial charge on any atom is -0.457 e.